The van der Waals surface area contributed by atoms with Gasteiger partial charge in [0, 0.05) is 32.2 Å². The van der Waals surface area contributed by atoms with E-state index in [0.717, 1.165) is 0 Å². The van der Waals surface area contributed by atoms with E-state index in [1.807, 2.05) is 0 Å². The largest absolute Gasteiger partial charge is 0.482 e. The summed E-state index contributed by atoms with van der Waals surface area (Å²) in [4.78, 5) is 38.1. The molecule has 3 heterocycles. The van der Waals surface area contributed by atoms with Crippen LogP contribution in [0, 0.1) is 6.92 Å². The van der Waals surface area contributed by atoms with Crippen molar-refractivity contribution in [1.29, 1.82) is 0 Å². The third-order valence-electron chi connectivity index (χ3n) is 5.26. The number of ether oxygens (including phenoxy) is 1. The van der Waals surface area contributed by atoms with Crippen LogP contribution in [0.1, 0.15) is 15.2 Å². The first kappa shape index (κ1) is 22.2. The summed E-state index contributed by atoms with van der Waals surface area (Å²) in [5.41, 5.74) is 0.932. The lowest BCUT2D eigenvalue weighted by atomic mass is 10.2. The Bertz CT molecular complexity index is 1160. The van der Waals surface area contributed by atoms with Gasteiger partial charge in [0.05, 0.1) is 22.0 Å². The maximum absolute atomic E-state index is 13.2. The summed E-state index contributed by atoms with van der Waals surface area (Å²) in [6.07, 6.45) is 0. The van der Waals surface area contributed by atoms with Crippen LogP contribution in [0.4, 0.5) is 5.69 Å². The minimum Gasteiger partial charge on any atom is -0.482 e. The fraction of sp³-hybridized carbons (Fsp3) is 0.350. The molecule has 1 aromatic heterocycles. The van der Waals surface area contributed by atoms with Crippen molar-refractivity contribution in [3.05, 3.63) is 40.1 Å². The number of amides is 3. The van der Waals surface area contributed by atoms with Crippen LogP contribution in [-0.2, 0) is 19.6 Å². The Hall–Kier alpha value is -2.96. The Kier molecular flexibility index (Phi) is 6.17. The minimum absolute atomic E-state index is 0.107. The molecule has 0 radical (unpaired) electrons. The van der Waals surface area contributed by atoms with Crippen molar-refractivity contribution in [2.24, 2.45) is 0 Å². The molecule has 1 saturated heterocycles. The topological polar surface area (TPSA) is 125 Å². The number of carbonyl (C=O) groups excluding carboxylic acids is 3. The Balaban J connectivity index is 1.38. The fourth-order valence-corrected chi connectivity index (χ4v) is 5.86. The number of rotatable bonds is 5. The molecule has 0 saturated carbocycles. The number of fused-ring (bicyclic) bond motifs is 1. The Morgan fingerprint density at radius 2 is 1.97 bits per heavy atom. The number of anilines is 1. The van der Waals surface area contributed by atoms with Crippen LogP contribution in [0.25, 0.3) is 0 Å². The van der Waals surface area contributed by atoms with E-state index in [0.29, 0.717) is 21.9 Å². The van der Waals surface area contributed by atoms with E-state index in [1.165, 1.54) is 21.7 Å². The van der Waals surface area contributed by atoms with Crippen molar-refractivity contribution in [3.8, 4) is 5.75 Å². The normalized spacial score (nSPS) is 16.7. The van der Waals surface area contributed by atoms with Crippen LogP contribution in [0.15, 0.2) is 34.5 Å². The predicted octanol–water partition coefficient (Wildman–Crippen LogP) is 0.650. The third kappa shape index (κ3) is 4.47. The van der Waals surface area contributed by atoms with Gasteiger partial charge in [0.2, 0.25) is 15.9 Å². The van der Waals surface area contributed by atoms with Gasteiger partial charge >= 0.3 is 0 Å². The first-order valence-corrected chi connectivity index (χ1v) is 12.2. The number of benzene rings is 1. The van der Waals surface area contributed by atoms with Crippen LogP contribution in [-0.4, -0.2) is 74.7 Å². The number of hydrogen-bond donors (Lipinski definition) is 2. The van der Waals surface area contributed by atoms with Gasteiger partial charge in [0.1, 0.15) is 5.75 Å². The van der Waals surface area contributed by atoms with Crippen molar-refractivity contribution in [2.75, 3.05) is 44.6 Å². The average Bonchev–Trinajstić information content (AvgIpc) is 3.32. The molecule has 4 rings (SSSR count). The summed E-state index contributed by atoms with van der Waals surface area (Å²) >= 11 is 1.29. The van der Waals surface area contributed by atoms with Crippen molar-refractivity contribution < 1.29 is 27.5 Å². The number of nitrogens with one attached hydrogen (secondary N) is 2. The van der Waals surface area contributed by atoms with Crippen molar-refractivity contribution >= 4 is 44.8 Å². The van der Waals surface area contributed by atoms with E-state index in [4.69, 9.17) is 4.74 Å². The van der Waals surface area contributed by atoms with Gasteiger partial charge in [0.15, 0.2) is 6.61 Å². The molecule has 2 N–H and O–H groups in total. The van der Waals surface area contributed by atoms with Gasteiger partial charge in [-0.1, -0.05) is 6.07 Å². The third-order valence-corrected chi connectivity index (χ3v) is 8.17. The highest BCUT2D eigenvalue weighted by Gasteiger charge is 2.32. The van der Waals surface area contributed by atoms with E-state index in [1.54, 1.807) is 35.4 Å². The first-order chi connectivity index (χ1) is 15.3. The summed E-state index contributed by atoms with van der Waals surface area (Å²) in [6, 6.07) is 6.44. The second-order valence-corrected chi connectivity index (χ2v) is 10.2. The zero-order chi connectivity index (χ0) is 22.9. The molecule has 0 bridgehead atoms. The van der Waals surface area contributed by atoms with E-state index >= 15 is 0 Å². The highest BCUT2D eigenvalue weighted by molar-refractivity contribution is 7.89. The van der Waals surface area contributed by atoms with E-state index in [2.05, 4.69) is 10.6 Å². The number of thiophene rings is 1. The smallest absolute Gasteiger partial charge is 0.262 e. The molecule has 2 aliphatic rings. The van der Waals surface area contributed by atoms with Crippen LogP contribution in [0.3, 0.4) is 0 Å². The molecule has 0 aliphatic carbocycles. The molecule has 1 aromatic carbocycles. The van der Waals surface area contributed by atoms with Crippen molar-refractivity contribution in [2.45, 2.75) is 11.8 Å². The fourth-order valence-electron chi connectivity index (χ4n) is 3.57. The van der Waals surface area contributed by atoms with Gasteiger partial charge in [-0.3, -0.25) is 14.4 Å². The molecule has 3 amide bonds. The SMILES string of the molecule is Cc1cc2c(cc1S(=O)(=O)N1CCN(C(=O)CNC(=O)c3cccs3)CC1)OCC(=O)N2. The Morgan fingerprint density at radius 1 is 1.22 bits per heavy atom. The molecular weight excluding hydrogens is 456 g/mol. The first-order valence-electron chi connectivity index (χ1n) is 9.92. The monoisotopic (exact) mass is 478 g/mol. The molecule has 2 aromatic rings. The zero-order valence-electron chi connectivity index (χ0n) is 17.3. The lowest BCUT2D eigenvalue weighted by Gasteiger charge is -2.34. The maximum Gasteiger partial charge on any atom is 0.262 e. The van der Waals surface area contributed by atoms with Gasteiger partial charge < -0.3 is 20.3 Å². The number of sulfonamides is 1. The number of piperazine rings is 1. The van der Waals surface area contributed by atoms with E-state index < -0.39 is 10.0 Å². The van der Waals surface area contributed by atoms with Gasteiger partial charge in [-0.2, -0.15) is 4.31 Å². The molecular formula is C20H22N4O6S2. The van der Waals surface area contributed by atoms with Crippen molar-refractivity contribution in [3.63, 3.8) is 0 Å². The molecule has 12 heteroatoms. The number of carbonyl (C=O) groups is 3. The molecule has 0 spiro atoms. The number of aryl methyl sites for hydroxylation is 1. The molecule has 1 fully saturated rings. The van der Waals surface area contributed by atoms with Crippen molar-refractivity contribution in [1.82, 2.24) is 14.5 Å². The number of nitrogens with zero attached hydrogens (tertiary/aromatic N) is 2. The molecule has 2 aliphatic heterocycles. The highest BCUT2D eigenvalue weighted by Crippen LogP contribution is 2.34. The van der Waals surface area contributed by atoms with Gasteiger partial charge in [-0.05, 0) is 30.0 Å². The second-order valence-electron chi connectivity index (χ2n) is 7.40. The Morgan fingerprint density at radius 3 is 2.66 bits per heavy atom. The van der Waals surface area contributed by atoms with Gasteiger partial charge in [-0.25, -0.2) is 8.42 Å². The zero-order valence-corrected chi connectivity index (χ0v) is 18.9. The van der Waals surface area contributed by atoms with Gasteiger partial charge in [0.25, 0.3) is 11.8 Å². The maximum atomic E-state index is 13.2. The van der Waals surface area contributed by atoms with E-state index in [9.17, 15) is 22.8 Å². The lowest BCUT2D eigenvalue weighted by Crippen LogP contribution is -2.52. The van der Waals surface area contributed by atoms with Crippen LogP contribution >= 0.6 is 11.3 Å². The molecule has 10 nitrogen and oxygen atoms in total. The summed E-state index contributed by atoms with van der Waals surface area (Å²) < 4.78 is 33.1. The standard InChI is InChI=1S/C20H22N4O6S2/c1-13-9-14-15(30-12-18(25)22-14)10-17(13)32(28,29)24-6-4-23(5-7-24)19(26)11-21-20(27)16-3-2-8-31-16/h2-3,8-10H,4-7,11-12H2,1H3,(H,21,27)(H,22,25). The number of hydrogen-bond acceptors (Lipinski definition) is 7. The van der Waals surface area contributed by atoms with E-state index in [-0.39, 0.29) is 61.9 Å². The van der Waals surface area contributed by atoms with Crippen LogP contribution < -0.4 is 15.4 Å². The predicted molar refractivity (Wildman–Crippen MR) is 117 cm³/mol. The highest BCUT2D eigenvalue weighted by atomic mass is 32.2. The summed E-state index contributed by atoms with van der Waals surface area (Å²) in [7, 11) is -3.81. The summed E-state index contributed by atoms with van der Waals surface area (Å²) in [6.45, 7) is 2.08. The minimum atomic E-state index is -3.81. The molecule has 0 unspecified atom stereocenters. The van der Waals surface area contributed by atoms with Crippen LogP contribution in [0.2, 0.25) is 0 Å². The summed E-state index contributed by atoms with van der Waals surface area (Å²) in [5, 5.41) is 7.03. The molecule has 170 valence electrons. The molecule has 0 atom stereocenters. The van der Waals surface area contributed by atoms with Crippen LogP contribution in [0.5, 0.6) is 5.75 Å². The lowest BCUT2D eigenvalue weighted by molar-refractivity contribution is -0.131. The quantitative estimate of drug-likeness (QED) is 0.650. The van der Waals surface area contributed by atoms with Gasteiger partial charge in [-0.15, -0.1) is 11.3 Å². The summed E-state index contributed by atoms with van der Waals surface area (Å²) in [5.74, 6) is -0.555. The molecule has 32 heavy (non-hydrogen) atoms. The average molecular weight is 479 g/mol. The second kappa shape index (κ2) is 8.88. The Labute approximate surface area is 189 Å².